The standard InChI is InChI=1S/C32H27N/c1-32-19-9-16-29(32)28-21-24(17-18-30(28)33(32)25-12-3-2-4-13-25)31-26-14-7-5-10-22(26)20-23-11-6-8-15-27(23)31/h2-8,10-15,17-18,20-21,29H,9,16,19H2,1H3. The van der Waals surface area contributed by atoms with Crippen molar-refractivity contribution < 1.29 is 0 Å². The minimum Gasteiger partial charge on any atom is -0.335 e. The van der Waals surface area contributed by atoms with Crippen LogP contribution in [0.3, 0.4) is 0 Å². The van der Waals surface area contributed by atoms with Gasteiger partial charge >= 0.3 is 0 Å². The Balaban J connectivity index is 1.49. The van der Waals surface area contributed by atoms with Gasteiger partial charge in [0, 0.05) is 22.8 Å². The summed E-state index contributed by atoms with van der Waals surface area (Å²) in [6.07, 6.45) is 3.81. The molecule has 1 aliphatic carbocycles. The first-order valence-electron chi connectivity index (χ1n) is 12.1. The van der Waals surface area contributed by atoms with Gasteiger partial charge in [-0.25, -0.2) is 0 Å². The molecule has 2 atom stereocenters. The van der Waals surface area contributed by atoms with E-state index in [1.807, 2.05) is 0 Å². The molecule has 1 aliphatic heterocycles. The minimum atomic E-state index is 0.156. The average Bonchev–Trinajstić information content (AvgIpc) is 3.35. The van der Waals surface area contributed by atoms with E-state index in [-0.39, 0.29) is 5.54 Å². The van der Waals surface area contributed by atoms with Crippen LogP contribution in [-0.2, 0) is 0 Å². The minimum absolute atomic E-state index is 0.156. The summed E-state index contributed by atoms with van der Waals surface area (Å²) in [5.74, 6) is 0.578. The van der Waals surface area contributed by atoms with Gasteiger partial charge in [-0.1, -0.05) is 79.2 Å². The lowest BCUT2D eigenvalue weighted by Gasteiger charge is -2.37. The van der Waals surface area contributed by atoms with E-state index in [1.54, 1.807) is 0 Å². The van der Waals surface area contributed by atoms with E-state index in [0.717, 1.165) is 0 Å². The van der Waals surface area contributed by atoms with Crippen LogP contribution in [0.5, 0.6) is 0 Å². The lowest BCUT2D eigenvalue weighted by Crippen LogP contribution is -2.40. The molecular weight excluding hydrogens is 398 g/mol. The fraction of sp³-hybridized carbons (Fsp3) is 0.188. The van der Waals surface area contributed by atoms with Gasteiger partial charge < -0.3 is 4.90 Å². The zero-order valence-corrected chi connectivity index (χ0v) is 19.0. The number of rotatable bonds is 2. The fourth-order valence-electron chi connectivity index (χ4n) is 6.71. The second-order valence-corrected chi connectivity index (χ2v) is 9.94. The molecule has 1 heterocycles. The van der Waals surface area contributed by atoms with Crippen LogP contribution in [0.25, 0.3) is 32.7 Å². The second kappa shape index (κ2) is 6.96. The molecule has 5 aromatic carbocycles. The molecule has 0 aromatic heterocycles. The monoisotopic (exact) mass is 425 g/mol. The third kappa shape index (κ3) is 2.66. The molecule has 1 saturated carbocycles. The van der Waals surface area contributed by atoms with Gasteiger partial charge in [0.2, 0.25) is 0 Å². The second-order valence-electron chi connectivity index (χ2n) is 9.94. The molecule has 0 bridgehead atoms. The summed E-state index contributed by atoms with van der Waals surface area (Å²) in [4.78, 5) is 2.63. The van der Waals surface area contributed by atoms with Crippen LogP contribution in [0.4, 0.5) is 11.4 Å². The quantitative estimate of drug-likeness (QED) is 0.255. The molecule has 0 radical (unpaired) electrons. The van der Waals surface area contributed by atoms with E-state index in [4.69, 9.17) is 0 Å². The molecule has 5 aromatic rings. The van der Waals surface area contributed by atoms with E-state index >= 15 is 0 Å². The van der Waals surface area contributed by atoms with Crippen molar-refractivity contribution in [1.82, 2.24) is 0 Å². The molecule has 0 saturated heterocycles. The number of anilines is 2. The fourth-order valence-corrected chi connectivity index (χ4v) is 6.71. The van der Waals surface area contributed by atoms with Gasteiger partial charge in [-0.15, -0.1) is 0 Å². The first-order chi connectivity index (χ1) is 16.2. The Morgan fingerprint density at radius 2 is 1.39 bits per heavy atom. The molecule has 2 unspecified atom stereocenters. The Bertz CT molecular complexity index is 1460. The first kappa shape index (κ1) is 18.9. The molecule has 0 spiro atoms. The Labute approximate surface area is 195 Å². The highest BCUT2D eigenvalue weighted by molar-refractivity contribution is 6.12. The predicted octanol–water partition coefficient (Wildman–Crippen LogP) is 8.84. The Hall–Kier alpha value is -3.58. The van der Waals surface area contributed by atoms with E-state index < -0.39 is 0 Å². The lowest BCUT2D eigenvalue weighted by molar-refractivity contribution is 0.451. The van der Waals surface area contributed by atoms with E-state index in [2.05, 4.69) is 115 Å². The maximum atomic E-state index is 2.63. The van der Waals surface area contributed by atoms with E-state index in [0.29, 0.717) is 5.92 Å². The summed E-state index contributed by atoms with van der Waals surface area (Å²) < 4.78 is 0. The largest absolute Gasteiger partial charge is 0.335 e. The molecule has 1 heteroatoms. The van der Waals surface area contributed by atoms with Gasteiger partial charge in [-0.05, 0) is 88.3 Å². The van der Waals surface area contributed by atoms with Crippen LogP contribution < -0.4 is 4.90 Å². The van der Waals surface area contributed by atoms with Crippen molar-refractivity contribution in [2.75, 3.05) is 4.90 Å². The SMILES string of the molecule is CC12CCCC1c1cc(-c3c4ccccc4cc4ccccc34)ccc1N2c1ccccc1. The summed E-state index contributed by atoms with van der Waals surface area (Å²) in [5, 5.41) is 5.29. The van der Waals surface area contributed by atoms with Crippen molar-refractivity contribution in [1.29, 1.82) is 0 Å². The summed E-state index contributed by atoms with van der Waals surface area (Å²) in [7, 11) is 0. The van der Waals surface area contributed by atoms with Crippen molar-refractivity contribution in [2.24, 2.45) is 0 Å². The maximum Gasteiger partial charge on any atom is 0.0492 e. The Morgan fingerprint density at radius 1 is 0.727 bits per heavy atom. The number of para-hydroxylation sites is 1. The maximum absolute atomic E-state index is 2.63. The van der Waals surface area contributed by atoms with Crippen molar-refractivity contribution in [3.8, 4) is 11.1 Å². The molecule has 160 valence electrons. The molecule has 33 heavy (non-hydrogen) atoms. The summed E-state index contributed by atoms with van der Waals surface area (Å²) in [6, 6.07) is 38.2. The number of hydrogen-bond acceptors (Lipinski definition) is 1. The molecule has 0 N–H and O–H groups in total. The third-order valence-corrected chi connectivity index (χ3v) is 8.16. The first-order valence-corrected chi connectivity index (χ1v) is 12.1. The van der Waals surface area contributed by atoms with Gasteiger partial charge in [-0.2, -0.15) is 0 Å². The van der Waals surface area contributed by atoms with Crippen LogP contribution in [0.1, 0.15) is 37.7 Å². The summed E-state index contributed by atoms with van der Waals surface area (Å²) in [6.45, 7) is 2.48. The van der Waals surface area contributed by atoms with Crippen LogP contribution >= 0.6 is 0 Å². The molecule has 0 amide bonds. The Morgan fingerprint density at radius 3 is 2.12 bits per heavy atom. The highest BCUT2D eigenvalue weighted by Crippen LogP contribution is 2.59. The highest BCUT2D eigenvalue weighted by atomic mass is 15.2. The third-order valence-electron chi connectivity index (χ3n) is 8.16. The van der Waals surface area contributed by atoms with Crippen molar-refractivity contribution in [3.05, 3.63) is 109 Å². The number of benzene rings is 5. The van der Waals surface area contributed by atoms with Crippen LogP contribution in [0, 0.1) is 0 Å². The van der Waals surface area contributed by atoms with Crippen molar-refractivity contribution in [3.63, 3.8) is 0 Å². The number of nitrogens with zero attached hydrogens (tertiary/aromatic N) is 1. The van der Waals surface area contributed by atoms with Crippen LogP contribution in [-0.4, -0.2) is 5.54 Å². The lowest BCUT2D eigenvalue weighted by atomic mass is 9.85. The molecule has 1 fully saturated rings. The zero-order valence-electron chi connectivity index (χ0n) is 19.0. The summed E-state index contributed by atoms with van der Waals surface area (Å²) >= 11 is 0. The number of hydrogen-bond donors (Lipinski definition) is 0. The van der Waals surface area contributed by atoms with Gasteiger partial charge in [0.15, 0.2) is 0 Å². The Kier molecular flexibility index (Phi) is 3.99. The van der Waals surface area contributed by atoms with E-state index in [1.165, 1.54) is 68.9 Å². The van der Waals surface area contributed by atoms with Crippen LogP contribution in [0.15, 0.2) is 103 Å². The summed E-state index contributed by atoms with van der Waals surface area (Å²) in [5.41, 5.74) is 7.09. The van der Waals surface area contributed by atoms with Gasteiger partial charge in [0.25, 0.3) is 0 Å². The average molecular weight is 426 g/mol. The number of fused-ring (bicyclic) bond motifs is 5. The van der Waals surface area contributed by atoms with Gasteiger partial charge in [-0.3, -0.25) is 0 Å². The van der Waals surface area contributed by atoms with E-state index in [9.17, 15) is 0 Å². The van der Waals surface area contributed by atoms with Crippen molar-refractivity contribution >= 4 is 32.9 Å². The smallest absolute Gasteiger partial charge is 0.0492 e. The normalized spacial score (nSPS) is 21.5. The predicted molar refractivity (Wildman–Crippen MR) is 140 cm³/mol. The molecule has 1 nitrogen and oxygen atoms in total. The van der Waals surface area contributed by atoms with Crippen molar-refractivity contribution in [2.45, 2.75) is 37.6 Å². The molecular formula is C32H27N. The topological polar surface area (TPSA) is 3.24 Å². The van der Waals surface area contributed by atoms with Gasteiger partial charge in [0.1, 0.15) is 0 Å². The zero-order chi connectivity index (χ0) is 22.0. The van der Waals surface area contributed by atoms with Crippen LogP contribution in [0.2, 0.25) is 0 Å². The molecule has 7 rings (SSSR count). The van der Waals surface area contributed by atoms with Gasteiger partial charge in [0.05, 0.1) is 0 Å². The highest BCUT2D eigenvalue weighted by Gasteiger charge is 2.51. The molecule has 2 aliphatic rings.